The molecule has 0 aliphatic carbocycles. The van der Waals surface area contributed by atoms with Crippen LogP contribution in [0.4, 0.5) is 11.4 Å². The molecule has 150 valence electrons. The number of rotatable bonds is 4. The van der Waals surface area contributed by atoms with Gasteiger partial charge in [0, 0.05) is 37.2 Å². The molecule has 0 spiro atoms. The molecule has 1 aliphatic rings. The minimum atomic E-state index is -2.53. The van der Waals surface area contributed by atoms with E-state index in [2.05, 4.69) is 14.8 Å². The quantitative estimate of drug-likeness (QED) is 0.734. The van der Waals surface area contributed by atoms with Crippen LogP contribution in [0.2, 0.25) is 5.02 Å². The summed E-state index contributed by atoms with van der Waals surface area (Å²) in [5, 5.41) is 5.23. The van der Waals surface area contributed by atoms with Gasteiger partial charge in [-0.3, -0.25) is 19.1 Å². The molecular weight excluding hydrogens is 404 g/mol. The van der Waals surface area contributed by atoms with E-state index in [4.69, 9.17) is 11.6 Å². The van der Waals surface area contributed by atoms with E-state index in [9.17, 15) is 18.6 Å². The van der Waals surface area contributed by atoms with Gasteiger partial charge in [-0.2, -0.15) is 4.36 Å². The first-order valence-corrected chi connectivity index (χ1v) is 11.1. The lowest BCUT2D eigenvalue weighted by atomic mass is 10.0. The van der Waals surface area contributed by atoms with Crippen LogP contribution in [0.25, 0.3) is 0 Å². The summed E-state index contributed by atoms with van der Waals surface area (Å²) in [6, 6.07) is 2.91. The number of carbonyl (C=O) groups excluding carboxylic acids is 2. The summed E-state index contributed by atoms with van der Waals surface area (Å²) in [6.45, 7) is 1.33. The van der Waals surface area contributed by atoms with Crippen molar-refractivity contribution in [2.24, 2.45) is 11.4 Å². The maximum atomic E-state index is 13.1. The molecule has 2 heterocycles. The van der Waals surface area contributed by atoms with E-state index in [1.807, 2.05) is 0 Å². The van der Waals surface area contributed by atoms with Gasteiger partial charge in [0.2, 0.25) is 11.7 Å². The monoisotopic (exact) mass is 424 g/mol. The zero-order valence-corrected chi connectivity index (χ0v) is 17.2. The fourth-order valence-corrected chi connectivity index (χ4v) is 5.64. The van der Waals surface area contributed by atoms with Crippen LogP contribution in [0, 0.1) is 0 Å². The van der Waals surface area contributed by atoms with Gasteiger partial charge in [-0.15, -0.1) is 0 Å². The van der Waals surface area contributed by atoms with Crippen molar-refractivity contribution in [2.75, 3.05) is 16.8 Å². The lowest BCUT2D eigenvalue weighted by Gasteiger charge is -2.17. The van der Waals surface area contributed by atoms with Gasteiger partial charge >= 0.3 is 0 Å². The first kappa shape index (κ1) is 20.3. The number of aromatic nitrogens is 2. The summed E-state index contributed by atoms with van der Waals surface area (Å²) in [7, 11) is -1.03. The van der Waals surface area contributed by atoms with Crippen LogP contribution < -0.4 is 10.9 Å². The molecule has 2 aromatic rings. The molecule has 2 N–H and O–H groups in total. The predicted molar refractivity (Wildman–Crippen MR) is 109 cm³/mol. The number of H-pyrrole nitrogens is 1. The lowest BCUT2D eigenvalue weighted by Crippen LogP contribution is -2.19. The Morgan fingerprint density at radius 2 is 1.89 bits per heavy atom. The maximum absolute atomic E-state index is 13.1. The van der Waals surface area contributed by atoms with Crippen molar-refractivity contribution in [3.8, 4) is 0 Å². The average Bonchev–Trinajstić information content (AvgIpc) is 2.97. The minimum Gasteiger partial charge on any atom is -0.324 e. The van der Waals surface area contributed by atoms with Gasteiger partial charge in [-0.05, 0) is 25.0 Å². The van der Waals surface area contributed by atoms with Gasteiger partial charge in [0.25, 0.3) is 5.56 Å². The van der Waals surface area contributed by atoms with E-state index in [1.54, 1.807) is 0 Å². The molecule has 0 bridgehead atoms. The summed E-state index contributed by atoms with van der Waals surface area (Å²) in [4.78, 5) is 36.5. The van der Waals surface area contributed by atoms with E-state index in [0.717, 1.165) is 19.3 Å². The fraction of sp³-hybridized carbons (Fsp3) is 0.389. The molecule has 8 nitrogen and oxygen atoms in total. The Morgan fingerprint density at radius 1 is 1.21 bits per heavy atom. The molecule has 0 radical (unpaired) electrons. The highest BCUT2D eigenvalue weighted by molar-refractivity contribution is 7.93. The Hall–Kier alpha value is -2.39. The molecule has 10 heteroatoms. The van der Waals surface area contributed by atoms with Crippen molar-refractivity contribution in [1.29, 1.82) is 0 Å². The zero-order chi connectivity index (χ0) is 20.5. The molecule has 3 rings (SSSR count). The van der Waals surface area contributed by atoms with Crippen LogP contribution in [0.1, 0.15) is 42.1 Å². The largest absolute Gasteiger partial charge is 0.324 e. The van der Waals surface area contributed by atoms with Crippen LogP contribution in [-0.2, 0) is 21.6 Å². The van der Waals surface area contributed by atoms with E-state index in [1.165, 1.54) is 37.0 Å². The number of aryl methyl sites for hydroxylation is 1. The number of hydrogen-bond donors (Lipinski definition) is 2. The van der Waals surface area contributed by atoms with E-state index >= 15 is 0 Å². The normalized spacial score (nSPS) is 15.8. The van der Waals surface area contributed by atoms with E-state index < -0.39 is 21.1 Å². The van der Waals surface area contributed by atoms with Gasteiger partial charge in [-0.25, -0.2) is 4.21 Å². The molecule has 0 saturated carbocycles. The molecule has 1 amide bonds. The smallest absolute Gasteiger partial charge is 0.277 e. The lowest BCUT2D eigenvalue weighted by molar-refractivity contribution is -0.114. The van der Waals surface area contributed by atoms with E-state index in [0.29, 0.717) is 11.5 Å². The third kappa shape index (κ3) is 4.05. The third-order valence-corrected chi connectivity index (χ3v) is 7.29. The van der Waals surface area contributed by atoms with Crippen LogP contribution in [-0.4, -0.2) is 37.2 Å². The summed E-state index contributed by atoms with van der Waals surface area (Å²) >= 11 is 6.47. The van der Waals surface area contributed by atoms with Crippen molar-refractivity contribution in [2.45, 2.75) is 26.2 Å². The average molecular weight is 425 g/mol. The second kappa shape index (κ2) is 7.92. The summed E-state index contributed by atoms with van der Waals surface area (Å²) in [5.74, 6) is -0.0281. The number of nitrogens with zero attached hydrogens (tertiary/aromatic N) is 2. The van der Waals surface area contributed by atoms with Crippen molar-refractivity contribution in [1.82, 2.24) is 9.78 Å². The molecular formula is C18H21ClN4O4S. The van der Waals surface area contributed by atoms with Crippen LogP contribution in [0.3, 0.4) is 0 Å². The Morgan fingerprint density at radius 3 is 2.46 bits per heavy atom. The number of aromatic amines is 1. The van der Waals surface area contributed by atoms with Gasteiger partial charge in [0.15, 0.2) is 0 Å². The Bertz CT molecular complexity index is 1110. The van der Waals surface area contributed by atoms with Gasteiger partial charge in [0.05, 0.1) is 20.4 Å². The number of anilines is 1. The molecule has 28 heavy (non-hydrogen) atoms. The predicted octanol–water partition coefficient (Wildman–Crippen LogP) is 2.84. The number of halogens is 1. The highest BCUT2D eigenvalue weighted by atomic mass is 35.5. The number of ketones is 1. The molecule has 1 saturated heterocycles. The number of hydrogen-bond acceptors (Lipinski definition) is 5. The van der Waals surface area contributed by atoms with Crippen molar-refractivity contribution < 1.29 is 13.8 Å². The molecule has 1 aromatic heterocycles. The number of carbonyl (C=O) groups is 2. The molecule has 1 fully saturated rings. The van der Waals surface area contributed by atoms with Crippen molar-refractivity contribution in [3.05, 3.63) is 44.8 Å². The minimum absolute atomic E-state index is 0.0344. The molecule has 1 aromatic carbocycles. The summed E-state index contributed by atoms with van der Waals surface area (Å²) in [6.07, 6.45) is 3.90. The Balaban J connectivity index is 2.17. The molecule has 1 aliphatic heterocycles. The third-order valence-electron chi connectivity index (χ3n) is 4.54. The second-order valence-corrected chi connectivity index (χ2v) is 9.64. The van der Waals surface area contributed by atoms with E-state index in [-0.39, 0.29) is 33.4 Å². The fourth-order valence-electron chi connectivity index (χ4n) is 3.08. The zero-order valence-electron chi connectivity index (χ0n) is 15.6. The van der Waals surface area contributed by atoms with Crippen LogP contribution in [0.15, 0.2) is 27.5 Å². The first-order valence-electron chi connectivity index (χ1n) is 8.83. The van der Waals surface area contributed by atoms with Crippen LogP contribution >= 0.6 is 11.6 Å². The summed E-state index contributed by atoms with van der Waals surface area (Å²) in [5.41, 5.74) is -0.0931. The SMILES string of the molecule is CC(=O)Nc1ccc(C(=O)c2c[nH]n(C)c2=O)c(Cl)c1N=S1(=O)CCCCC1. The topological polar surface area (TPSA) is 113 Å². The Kier molecular flexibility index (Phi) is 5.76. The summed E-state index contributed by atoms with van der Waals surface area (Å²) < 4.78 is 18.7. The molecule has 0 atom stereocenters. The standard InChI is InChI=1S/C18H21ClN4O4S/c1-11(24)21-14-7-6-12(17(25)13-10-20-23(2)18(13)26)15(19)16(14)22-28(27)8-4-3-5-9-28/h6-7,10,20H,3-5,8-9H2,1-2H3,(H,21,24). The van der Waals surface area contributed by atoms with Crippen molar-refractivity contribution in [3.63, 3.8) is 0 Å². The van der Waals surface area contributed by atoms with Crippen molar-refractivity contribution >= 4 is 44.4 Å². The highest BCUT2D eigenvalue weighted by Gasteiger charge is 2.24. The first-order chi connectivity index (χ1) is 13.2. The van der Waals surface area contributed by atoms with Crippen LogP contribution in [0.5, 0.6) is 0 Å². The Labute approximate surface area is 167 Å². The van der Waals surface area contributed by atoms with Gasteiger partial charge < -0.3 is 10.4 Å². The molecule has 0 unspecified atom stereocenters. The second-order valence-electron chi connectivity index (χ2n) is 6.72. The maximum Gasteiger partial charge on any atom is 0.277 e. The van der Waals surface area contributed by atoms with Gasteiger partial charge in [-0.1, -0.05) is 18.0 Å². The highest BCUT2D eigenvalue weighted by Crippen LogP contribution is 2.38. The van der Waals surface area contributed by atoms with Gasteiger partial charge in [0.1, 0.15) is 11.3 Å². The number of benzene rings is 1. The number of amides is 1. The number of nitrogens with one attached hydrogen (secondary N) is 2.